The number of pyridine rings is 1. The van der Waals surface area contributed by atoms with Crippen LogP contribution in [0.3, 0.4) is 0 Å². The molecule has 0 bridgehead atoms. The lowest BCUT2D eigenvalue weighted by molar-refractivity contribution is 0.0997. The fourth-order valence-corrected chi connectivity index (χ4v) is 1.12. The van der Waals surface area contributed by atoms with Crippen LogP contribution in [0.15, 0.2) is 29.0 Å². The first kappa shape index (κ1) is 7.94. The van der Waals surface area contributed by atoms with Crippen LogP contribution in [-0.2, 0) is 0 Å². The summed E-state index contributed by atoms with van der Waals surface area (Å²) in [6.07, 6.45) is 3.08. The number of fused-ring (bicyclic) bond motifs is 1. The van der Waals surface area contributed by atoms with E-state index in [2.05, 4.69) is 4.98 Å². The summed E-state index contributed by atoms with van der Waals surface area (Å²) in [5.74, 6) is -0.164. The van der Waals surface area contributed by atoms with E-state index in [1.807, 2.05) is 0 Å². The van der Waals surface area contributed by atoms with Gasteiger partial charge in [-0.2, -0.15) is 0 Å². The van der Waals surface area contributed by atoms with Crippen molar-refractivity contribution < 1.29 is 9.21 Å². The molecular weight excluding hydrogens is 168 g/mol. The molecule has 2 rings (SSSR count). The van der Waals surface area contributed by atoms with Gasteiger partial charge in [0.05, 0.1) is 19.0 Å². The molecule has 2 aromatic heterocycles. The standard InChI is InChI=1S/C9H8N2O2/c10-4-8(12)7-3-6-1-2-13-9(6)5-11-7/h1-3,5H,4,10H2. The van der Waals surface area contributed by atoms with Gasteiger partial charge in [0.1, 0.15) is 5.69 Å². The van der Waals surface area contributed by atoms with Gasteiger partial charge in [0, 0.05) is 5.39 Å². The number of nitrogens with two attached hydrogens (primary N) is 1. The summed E-state index contributed by atoms with van der Waals surface area (Å²) in [4.78, 5) is 15.1. The lowest BCUT2D eigenvalue weighted by Gasteiger charge is -1.95. The van der Waals surface area contributed by atoms with Crippen molar-refractivity contribution in [2.24, 2.45) is 5.73 Å². The third-order valence-corrected chi connectivity index (χ3v) is 1.81. The molecule has 2 heterocycles. The Morgan fingerprint density at radius 3 is 3.23 bits per heavy atom. The number of furan rings is 1. The van der Waals surface area contributed by atoms with Gasteiger partial charge in [-0.25, -0.2) is 4.98 Å². The number of carbonyl (C=O) groups is 1. The molecule has 4 nitrogen and oxygen atoms in total. The molecule has 0 atom stereocenters. The Morgan fingerprint density at radius 2 is 2.46 bits per heavy atom. The van der Waals surface area contributed by atoms with Crippen molar-refractivity contribution in [1.29, 1.82) is 0 Å². The molecule has 13 heavy (non-hydrogen) atoms. The molecule has 0 fully saturated rings. The Morgan fingerprint density at radius 1 is 1.62 bits per heavy atom. The minimum absolute atomic E-state index is 0.0175. The van der Waals surface area contributed by atoms with Crippen LogP contribution in [-0.4, -0.2) is 17.3 Å². The predicted octanol–water partition coefficient (Wildman–Crippen LogP) is 0.969. The highest BCUT2D eigenvalue weighted by atomic mass is 16.3. The highest BCUT2D eigenvalue weighted by molar-refractivity contribution is 5.98. The molecule has 0 saturated carbocycles. The van der Waals surface area contributed by atoms with Crippen molar-refractivity contribution in [3.63, 3.8) is 0 Å². The smallest absolute Gasteiger partial charge is 0.194 e. The second-order valence-corrected chi connectivity index (χ2v) is 2.66. The van der Waals surface area contributed by atoms with Crippen molar-refractivity contribution >= 4 is 16.8 Å². The molecule has 0 amide bonds. The number of nitrogens with zero attached hydrogens (tertiary/aromatic N) is 1. The Hall–Kier alpha value is -1.68. The number of rotatable bonds is 2. The molecule has 0 saturated heterocycles. The zero-order valence-corrected chi connectivity index (χ0v) is 6.86. The maximum Gasteiger partial charge on any atom is 0.194 e. The van der Waals surface area contributed by atoms with Crippen molar-refractivity contribution in [2.45, 2.75) is 0 Å². The van der Waals surface area contributed by atoms with Gasteiger partial charge >= 0.3 is 0 Å². The fourth-order valence-electron chi connectivity index (χ4n) is 1.12. The van der Waals surface area contributed by atoms with Gasteiger partial charge in [0.15, 0.2) is 11.4 Å². The third-order valence-electron chi connectivity index (χ3n) is 1.81. The van der Waals surface area contributed by atoms with Gasteiger partial charge < -0.3 is 10.2 Å². The van der Waals surface area contributed by atoms with E-state index in [-0.39, 0.29) is 12.3 Å². The van der Waals surface area contributed by atoms with Gasteiger partial charge in [-0.05, 0) is 12.1 Å². The van der Waals surface area contributed by atoms with Crippen molar-refractivity contribution in [3.8, 4) is 0 Å². The van der Waals surface area contributed by atoms with Crippen LogP contribution in [0, 0.1) is 0 Å². The molecule has 0 radical (unpaired) electrons. The summed E-state index contributed by atoms with van der Waals surface area (Å²) in [5, 5.41) is 0.867. The maximum absolute atomic E-state index is 11.2. The molecule has 66 valence electrons. The van der Waals surface area contributed by atoms with Gasteiger partial charge in [0.25, 0.3) is 0 Å². The van der Waals surface area contributed by atoms with Gasteiger partial charge in [-0.15, -0.1) is 0 Å². The highest BCUT2D eigenvalue weighted by Gasteiger charge is 2.06. The number of Topliss-reactive ketones (excluding diaryl/α,β-unsaturated/α-hetero) is 1. The number of aromatic nitrogens is 1. The van der Waals surface area contributed by atoms with Crippen LogP contribution in [0.2, 0.25) is 0 Å². The summed E-state index contributed by atoms with van der Waals surface area (Å²) in [7, 11) is 0. The van der Waals surface area contributed by atoms with E-state index in [1.54, 1.807) is 18.4 Å². The van der Waals surface area contributed by atoms with Gasteiger partial charge in [-0.1, -0.05) is 0 Å². The Kier molecular flexibility index (Phi) is 1.83. The van der Waals surface area contributed by atoms with Crippen LogP contribution >= 0.6 is 0 Å². The lowest BCUT2D eigenvalue weighted by Crippen LogP contribution is -2.14. The quantitative estimate of drug-likeness (QED) is 0.692. The summed E-state index contributed by atoms with van der Waals surface area (Å²) < 4.78 is 5.08. The van der Waals surface area contributed by atoms with Crippen LogP contribution in [0.1, 0.15) is 10.5 Å². The largest absolute Gasteiger partial charge is 0.463 e. The first-order valence-electron chi connectivity index (χ1n) is 3.88. The normalized spacial score (nSPS) is 10.5. The number of carbonyl (C=O) groups excluding carboxylic acids is 1. The minimum atomic E-state index is -0.164. The third kappa shape index (κ3) is 1.31. The maximum atomic E-state index is 11.2. The minimum Gasteiger partial charge on any atom is -0.463 e. The topological polar surface area (TPSA) is 69.1 Å². The number of ketones is 1. The Labute approximate surface area is 74.4 Å². The van der Waals surface area contributed by atoms with Crippen LogP contribution < -0.4 is 5.73 Å². The molecular formula is C9H8N2O2. The molecule has 0 aliphatic heterocycles. The lowest BCUT2D eigenvalue weighted by atomic mass is 10.2. The molecule has 0 aromatic carbocycles. The van der Waals surface area contributed by atoms with Crippen molar-refractivity contribution in [3.05, 3.63) is 30.3 Å². The Bertz CT molecular complexity index is 448. The van der Waals surface area contributed by atoms with Crippen LogP contribution in [0.5, 0.6) is 0 Å². The van der Waals surface area contributed by atoms with E-state index in [1.165, 1.54) is 6.20 Å². The van der Waals surface area contributed by atoms with Gasteiger partial charge in [-0.3, -0.25) is 4.79 Å². The predicted molar refractivity (Wildman–Crippen MR) is 47.4 cm³/mol. The van der Waals surface area contributed by atoms with E-state index in [0.29, 0.717) is 11.3 Å². The average Bonchev–Trinajstić information content (AvgIpc) is 2.63. The molecule has 0 aliphatic carbocycles. The van der Waals surface area contributed by atoms with Crippen LogP contribution in [0.25, 0.3) is 11.0 Å². The van der Waals surface area contributed by atoms with E-state index in [0.717, 1.165) is 5.39 Å². The zero-order valence-electron chi connectivity index (χ0n) is 6.86. The summed E-state index contributed by atoms with van der Waals surface area (Å²) in [6, 6.07) is 3.46. The molecule has 0 spiro atoms. The molecule has 2 N–H and O–H groups in total. The van der Waals surface area contributed by atoms with E-state index < -0.39 is 0 Å². The van der Waals surface area contributed by atoms with E-state index in [9.17, 15) is 4.79 Å². The van der Waals surface area contributed by atoms with E-state index in [4.69, 9.17) is 10.2 Å². The summed E-state index contributed by atoms with van der Waals surface area (Å²) >= 11 is 0. The molecule has 0 aliphatic rings. The highest BCUT2D eigenvalue weighted by Crippen LogP contribution is 2.14. The molecule has 4 heteroatoms. The second kappa shape index (κ2) is 2.99. The zero-order chi connectivity index (χ0) is 9.26. The summed E-state index contributed by atoms with van der Waals surface area (Å²) in [5.41, 5.74) is 6.27. The first-order valence-corrected chi connectivity index (χ1v) is 3.88. The monoisotopic (exact) mass is 176 g/mol. The van der Waals surface area contributed by atoms with Crippen molar-refractivity contribution in [1.82, 2.24) is 4.98 Å². The first-order chi connectivity index (χ1) is 6.31. The summed E-state index contributed by atoms with van der Waals surface area (Å²) in [6.45, 7) is -0.0175. The second-order valence-electron chi connectivity index (χ2n) is 2.66. The molecule has 0 unspecified atom stereocenters. The average molecular weight is 176 g/mol. The van der Waals surface area contributed by atoms with Gasteiger partial charge in [0.2, 0.25) is 0 Å². The SMILES string of the molecule is NCC(=O)c1cc2ccoc2cn1. The van der Waals surface area contributed by atoms with Crippen molar-refractivity contribution in [2.75, 3.05) is 6.54 Å². The Balaban J connectivity index is 2.54. The van der Waals surface area contributed by atoms with E-state index >= 15 is 0 Å². The number of hydrogen-bond donors (Lipinski definition) is 1. The van der Waals surface area contributed by atoms with Crippen LogP contribution in [0.4, 0.5) is 0 Å². The molecule has 2 aromatic rings. The fraction of sp³-hybridized carbons (Fsp3) is 0.111. The number of hydrogen-bond acceptors (Lipinski definition) is 4.